The number of anilines is 1. The minimum absolute atomic E-state index is 0.419. The third-order valence-corrected chi connectivity index (χ3v) is 4.86. The summed E-state index contributed by atoms with van der Waals surface area (Å²) in [6, 6.07) is 5.93. The second kappa shape index (κ2) is 6.02. The number of rotatable bonds is 2. The van der Waals surface area contributed by atoms with Crippen molar-refractivity contribution in [1.29, 1.82) is 0 Å². The number of aryl methyl sites for hydroxylation is 1. The van der Waals surface area contributed by atoms with Gasteiger partial charge in [-0.1, -0.05) is 24.6 Å². The Kier molecular flexibility index (Phi) is 3.84. The summed E-state index contributed by atoms with van der Waals surface area (Å²) < 4.78 is 1.78. The smallest absolute Gasteiger partial charge is 0.255 e. The van der Waals surface area contributed by atoms with Crippen molar-refractivity contribution < 1.29 is 0 Å². The van der Waals surface area contributed by atoms with Crippen LogP contribution in [0.1, 0.15) is 25.5 Å². The average Bonchev–Trinajstić information content (AvgIpc) is 3.02. The highest BCUT2D eigenvalue weighted by Crippen LogP contribution is 2.36. The molecule has 7 heteroatoms. The molecular formula is C17H19ClN6. The molecule has 4 rings (SSSR count). The van der Waals surface area contributed by atoms with Crippen LogP contribution in [0.3, 0.4) is 0 Å². The molecule has 124 valence electrons. The lowest BCUT2D eigenvalue weighted by atomic mass is 9.99. The first-order valence-electron chi connectivity index (χ1n) is 8.21. The summed E-state index contributed by atoms with van der Waals surface area (Å²) in [6.07, 6.45) is 3.82. The largest absolute Gasteiger partial charge is 0.356 e. The van der Waals surface area contributed by atoms with Crippen molar-refractivity contribution >= 4 is 23.2 Å². The van der Waals surface area contributed by atoms with Crippen LogP contribution in [-0.4, -0.2) is 37.7 Å². The number of hydrogen-bond acceptors (Lipinski definition) is 5. The van der Waals surface area contributed by atoms with E-state index in [4.69, 9.17) is 11.6 Å². The van der Waals surface area contributed by atoms with Gasteiger partial charge < -0.3 is 4.90 Å². The van der Waals surface area contributed by atoms with Crippen LogP contribution in [0.2, 0.25) is 5.15 Å². The molecule has 0 unspecified atom stereocenters. The molecule has 3 aromatic heterocycles. The van der Waals surface area contributed by atoms with Gasteiger partial charge in [0.2, 0.25) is 0 Å². The molecular weight excluding hydrogens is 324 g/mol. The fourth-order valence-electron chi connectivity index (χ4n) is 3.22. The van der Waals surface area contributed by atoms with E-state index in [9.17, 15) is 0 Å². The quantitative estimate of drug-likeness (QED) is 0.668. The third kappa shape index (κ3) is 2.60. The zero-order valence-corrected chi connectivity index (χ0v) is 14.5. The fourth-order valence-corrected chi connectivity index (χ4v) is 3.47. The van der Waals surface area contributed by atoms with E-state index in [0.29, 0.717) is 10.9 Å². The van der Waals surface area contributed by atoms with Crippen molar-refractivity contribution in [2.75, 3.05) is 18.0 Å². The van der Waals surface area contributed by atoms with E-state index in [1.807, 2.05) is 25.1 Å². The van der Waals surface area contributed by atoms with Crippen molar-refractivity contribution in [3.8, 4) is 11.3 Å². The molecule has 0 N–H and O–H groups in total. The van der Waals surface area contributed by atoms with E-state index in [2.05, 4.69) is 31.9 Å². The summed E-state index contributed by atoms with van der Waals surface area (Å²) in [4.78, 5) is 15.6. The number of fused-ring (bicyclic) bond motifs is 1. The molecule has 0 spiro atoms. The maximum absolute atomic E-state index is 6.54. The van der Waals surface area contributed by atoms with Gasteiger partial charge in [-0.25, -0.2) is 0 Å². The Bertz CT molecular complexity index is 882. The zero-order valence-electron chi connectivity index (χ0n) is 13.8. The van der Waals surface area contributed by atoms with E-state index in [1.165, 1.54) is 6.33 Å². The summed E-state index contributed by atoms with van der Waals surface area (Å²) >= 11 is 6.54. The Hall–Kier alpha value is -2.21. The number of hydrogen-bond donors (Lipinski definition) is 0. The van der Waals surface area contributed by atoms with Crippen molar-refractivity contribution in [1.82, 2.24) is 24.6 Å². The van der Waals surface area contributed by atoms with Crippen LogP contribution in [0.4, 0.5) is 5.82 Å². The Morgan fingerprint density at radius 1 is 1.17 bits per heavy atom. The van der Waals surface area contributed by atoms with Gasteiger partial charge in [0.15, 0.2) is 0 Å². The molecule has 4 heterocycles. The van der Waals surface area contributed by atoms with Crippen LogP contribution in [0, 0.1) is 12.8 Å². The van der Waals surface area contributed by atoms with E-state index >= 15 is 0 Å². The van der Waals surface area contributed by atoms with Crippen molar-refractivity contribution in [3.63, 3.8) is 0 Å². The average molecular weight is 343 g/mol. The molecule has 0 aromatic carbocycles. The molecule has 24 heavy (non-hydrogen) atoms. The van der Waals surface area contributed by atoms with Crippen LogP contribution in [0.5, 0.6) is 0 Å². The SMILES string of the molecule is Cc1cccc(-c2c(Cl)nc3ncnn3c2N2CCC(C)CC2)n1. The van der Waals surface area contributed by atoms with Gasteiger partial charge in [-0.3, -0.25) is 4.98 Å². The predicted molar refractivity (Wildman–Crippen MR) is 94.4 cm³/mol. The monoisotopic (exact) mass is 342 g/mol. The van der Waals surface area contributed by atoms with E-state index in [1.54, 1.807) is 4.52 Å². The first-order chi connectivity index (χ1) is 11.6. The highest BCUT2D eigenvalue weighted by molar-refractivity contribution is 6.32. The maximum Gasteiger partial charge on any atom is 0.255 e. The standard InChI is InChI=1S/C17H19ClN6/c1-11-6-8-23(9-7-11)16-14(13-5-3-4-12(2)21-13)15(18)22-17-19-10-20-24(16)17/h3-5,10-11H,6-9H2,1-2H3. The summed E-state index contributed by atoms with van der Waals surface area (Å²) in [5.74, 6) is 2.20. The second-order valence-corrected chi connectivity index (χ2v) is 6.76. The lowest BCUT2D eigenvalue weighted by Gasteiger charge is -2.33. The van der Waals surface area contributed by atoms with Crippen LogP contribution in [-0.2, 0) is 0 Å². The van der Waals surface area contributed by atoms with Gasteiger partial charge in [0, 0.05) is 18.8 Å². The Labute approximate surface area is 145 Å². The molecule has 6 nitrogen and oxygen atoms in total. The van der Waals surface area contributed by atoms with Crippen LogP contribution in [0.15, 0.2) is 24.5 Å². The molecule has 0 atom stereocenters. The fraction of sp³-hybridized carbons (Fsp3) is 0.412. The normalized spacial score (nSPS) is 16.0. The highest BCUT2D eigenvalue weighted by Gasteiger charge is 2.25. The molecule has 1 fully saturated rings. The molecule has 0 bridgehead atoms. The van der Waals surface area contributed by atoms with Crippen molar-refractivity contribution in [2.45, 2.75) is 26.7 Å². The number of piperidine rings is 1. The molecule has 0 radical (unpaired) electrons. The first-order valence-corrected chi connectivity index (χ1v) is 8.59. The maximum atomic E-state index is 6.54. The van der Waals surface area contributed by atoms with Gasteiger partial charge in [0.25, 0.3) is 5.78 Å². The molecule has 3 aromatic rings. The molecule has 0 aliphatic carbocycles. The minimum atomic E-state index is 0.419. The molecule has 1 aliphatic rings. The van der Waals surface area contributed by atoms with E-state index < -0.39 is 0 Å². The molecule has 1 saturated heterocycles. The van der Waals surface area contributed by atoms with Crippen LogP contribution >= 0.6 is 11.6 Å². The van der Waals surface area contributed by atoms with Gasteiger partial charge >= 0.3 is 0 Å². The number of pyridine rings is 1. The van der Waals surface area contributed by atoms with Gasteiger partial charge in [0.05, 0.1) is 11.3 Å². The molecule has 0 saturated carbocycles. The zero-order chi connectivity index (χ0) is 16.7. The van der Waals surface area contributed by atoms with Gasteiger partial charge in [0.1, 0.15) is 17.3 Å². The predicted octanol–water partition coefficient (Wildman–Crippen LogP) is 3.38. The summed E-state index contributed by atoms with van der Waals surface area (Å²) in [6.45, 7) is 6.20. The van der Waals surface area contributed by atoms with E-state index in [-0.39, 0.29) is 0 Å². The molecule has 0 amide bonds. The lowest BCUT2D eigenvalue weighted by molar-refractivity contribution is 0.435. The number of halogens is 1. The van der Waals surface area contributed by atoms with Gasteiger partial charge in [-0.2, -0.15) is 19.6 Å². The third-order valence-electron chi connectivity index (χ3n) is 4.59. The Balaban J connectivity index is 1.94. The first kappa shape index (κ1) is 15.3. The van der Waals surface area contributed by atoms with E-state index in [0.717, 1.165) is 54.6 Å². The summed E-state index contributed by atoms with van der Waals surface area (Å²) in [5.41, 5.74) is 2.59. The van der Waals surface area contributed by atoms with Crippen LogP contribution in [0.25, 0.3) is 17.0 Å². The van der Waals surface area contributed by atoms with Gasteiger partial charge in [-0.05, 0) is 37.8 Å². The highest BCUT2D eigenvalue weighted by atomic mass is 35.5. The lowest BCUT2D eigenvalue weighted by Crippen LogP contribution is -2.35. The number of aromatic nitrogens is 5. The Morgan fingerprint density at radius 2 is 1.96 bits per heavy atom. The van der Waals surface area contributed by atoms with Crippen molar-refractivity contribution in [3.05, 3.63) is 35.4 Å². The topological polar surface area (TPSA) is 59.2 Å². The molecule has 1 aliphatic heterocycles. The van der Waals surface area contributed by atoms with Gasteiger partial charge in [-0.15, -0.1) is 0 Å². The number of nitrogens with zero attached hydrogens (tertiary/aromatic N) is 6. The minimum Gasteiger partial charge on any atom is -0.356 e. The van der Waals surface area contributed by atoms with Crippen LogP contribution < -0.4 is 4.90 Å². The second-order valence-electron chi connectivity index (χ2n) is 6.41. The summed E-state index contributed by atoms with van der Waals surface area (Å²) in [5, 5.41) is 4.80. The summed E-state index contributed by atoms with van der Waals surface area (Å²) in [7, 11) is 0. The Morgan fingerprint density at radius 3 is 2.71 bits per heavy atom. The van der Waals surface area contributed by atoms with Crippen molar-refractivity contribution in [2.24, 2.45) is 5.92 Å².